The Morgan fingerprint density at radius 2 is 2.00 bits per heavy atom. The van der Waals surface area contributed by atoms with Gasteiger partial charge in [0.05, 0.1) is 0 Å². The summed E-state index contributed by atoms with van der Waals surface area (Å²) in [6, 6.07) is 2.24. The third-order valence-corrected chi connectivity index (χ3v) is 6.31. The van der Waals surface area contributed by atoms with Crippen LogP contribution in [0.1, 0.15) is 50.0 Å². The molecule has 2 aromatic rings. The van der Waals surface area contributed by atoms with E-state index in [9.17, 15) is 4.79 Å². The Labute approximate surface area is 158 Å². The van der Waals surface area contributed by atoms with Crippen LogP contribution in [0.25, 0.3) is 10.6 Å². The number of thiophene rings is 1. The number of thiazole rings is 1. The molecule has 1 aliphatic heterocycles. The van der Waals surface area contributed by atoms with E-state index in [1.165, 1.54) is 38.8 Å². The van der Waals surface area contributed by atoms with Gasteiger partial charge in [0.2, 0.25) is 0 Å². The third kappa shape index (κ3) is 4.90. The minimum Gasteiger partial charge on any atom is -0.334 e. The van der Waals surface area contributed by atoms with Crippen LogP contribution in [-0.2, 0) is 0 Å². The SMILES string of the molecule is CC(C)N(CCN1CCCCCC1)C(=O)c1csc(-c2ccsc2)n1. The minimum absolute atomic E-state index is 0.0579. The maximum absolute atomic E-state index is 13.0. The molecule has 25 heavy (non-hydrogen) atoms. The molecule has 4 nitrogen and oxygen atoms in total. The summed E-state index contributed by atoms with van der Waals surface area (Å²) in [4.78, 5) is 22.0. The van der Waals surface area contributed by atoms with Crippen LogP contribution in [0.4, 0.5) is 0 Å². The van der Waals surface area contributed by atoms with Gasteiger partial charge in [0.15, 0.2) is 0 Å². The van der Waals surface area contributed by atoms with Crippen molar-refractivity contribution in [2.24, 2.45) is 0 Å². The number of likely N-dealkylation sites (tertiary alicyclic amines) is 1. The lowest BCUT2D eigenvalue weighted by molar-refractivity contribution is 0.0677. The van der Waals surface area contributed by atoms with Crippen LogP contribution in [0.2, 0.25) is 0 Å². The number of amides is 1. The number of carbonyl (C=O) groups excluding carboxylic acids is 1. The smallest absolute Gasteiger partial charge is 0.273 e. The molecule has 0 aliphatic carbocycles. The lowest BCUT2D eigenvalue weighted by atomic mass is 10.2. The van der Waals surface area contributed by atoms with Crippen molar-refractivity contribution in [3.8, 4) is 10.6 Å². The number of rotatable bonds is 6. The van der Waals surface area contributed by atoms with Gasteiger partial charge in [-0.1, -0.05) is 12.8 Å². The number of hydrogen-bond donors (Lipinski definition) is 0. The Morgan fingerprint density at radius 3 is 2.64 bits per heavy atom. The molecule has 1 saturated heterocycles. The van der Waals surface area contributed by atoms with Crippen molar-refractivity contribution in [1.29, 1.82) is 0 Å². The lowest BCUT2D eigenvalue weighted by Gasteiger charge is -2.29. The summed E-state index contributed by atoms with van der Waals surface area (Å²) in [6.07, 6.45) is 5.25. The number of carbonyl (C=O) groups is 1. The highest BCUT2D eigenvalue weighted by Gasteiger charge is 2.22. The van der Waals surface area contributed by atoms with Crippen molar-refractivity contribution in [2.45, 2.75) is 45.6 Å². The highest BCUT2D eigenvalue weighted by atomic mass is 32.1. The lowest BCUT2D eigenvalue weighted by Crippen LogP contribution is -2.42. The van der Waals surface area contributed by atoms with Gasteiger partial charge in [-0.3, -0.25) is 4.79 Å². The molecule has 1 fully saturated rings. The van der Waals surface area contributed by atoms with E-state index >= 15 is 0 Å². The molecule has 6 heteroatoms. The summed E-state index contributed by atoms with van der Waals surface area (Å²) in [7, 11) is 0. The van der Waals surface area contributed by atoms with Gasteiger partial charge in [-0.05, 0) is 51.2 Å². The van der Waals surface area contributed by atoms with E-state index in [0.29, 0.717) is 5.69 Å². The molecule has 0 aromatic carbocycles. The summed E-state index contributed by atoms with van der Waals surface area (Å²) in [5.41, 5.74) is 1.69. The molecule has 1 aliphatic rings. The highest BCUT2D eigenvalue weighted by Crippen LogP contribution is 2.26. The van der Waals surface area contributed by atoms with E-state index in [0.717, 1.165) is 23.7 Å². The van der Waals surface area contributed by atoms with Gasteiger partial charge in [-0.25, -0.2) is 4.98 Å². The normalized spacial score (nSPS) is 16.1. The topological polar surface area (TPSA) is 36.4 Å². The second kappa shape index (κ2) is 8.92. The molecule has 3 rings (SSSR count). The second-order valence-electron chi connectivity index (χ2n) is 6.90. The van der Waals surface area contributed by atoms with E-state index in [-0.39, 0.29) is 11.9 Å². The Balaban J connectivity index is 1.64. The van der Waals surface area contributed by atoms with Crippen LogP contribution >= 0.6 is 22.7 Å². The van der Waals surface area contributed by atoms with Crippen molar-refractivity contribution < 1.29 is 4.79 Å². The molecule has 136 valence electrons. The fraction of sp³-hybridized carbons (Fsp3) is 0.579. The quantitative estimate of drug-likeness (QED) is 0.738. The molecule has 0 bridgehead atoms. The molecular weight excluding hydrogens is 350 g/mol. The predicted molar refractivity (Wildman–Crippen MR) is 107 cm³/mol. The fourth-order valence-corrected chi connectivity index (χ4v) is 4.75. The van der Waals surface area contributed by atoms with Crippen LogP contribution in [-0.4, -0.2) is 52.9 Å². The molecule has 1 amide bonds. The molecule has 0 unspecified atom stereocenters. The van der Waals surface area contributed by atoms with Gasteiger partial charge in [-0.2, -0.15) is 11.3 Å². The van der Waals surface area contributed by atoms with E-state index in [1.807, 2.05) is 15.7 Å². The molecule has 0 saturated carbocycles. The largest absolute Gasteiger partial charge is 0.334 e. The first-order valence-corrected chi connectivity index (χ1v) is 11.0. The van der Waals surface area contributed by atoms with Crippen LogP contribution in [0.3, 0.4) is 0 Å². The molecule has 0 spiro atoms. The number of aromatic nitrogens is 1. The first kappa shape index (κ1) is 18.5. The first-order valence-electron chi connectivity index (χ1n) is 9.16. The zero-order valence-corrected chi connectivity index (χ0v) is 16.7. The van der Waals surface area contributed by atoms with E-state index in [2.05, 4.69) is 35.2 Å². The fourth-order valence-electron chi connectivity index (χ4n) is 3.24. The maximum atomic E-state index is 13.0. The van der Waals surface area contributed by atoms with Crippen LogP contribution in [0.15, 0.2) is 22.2 Å². The Morgan fingerprint density at radius 1 is 1.24 bits per heavy atom. The molecule has 2 aromatic heterocycles. The zero-order valence-electron chi connectivity index (χ0n) is 15.1. The number of hydrogen-bond acceptors (Lipinski definition) is 5. The molecule has 3 heterocycles. The Kier molecular flexibility index (Phi) is 6.62. The minimum atomic E-state index is 0.0579. The van der Waals surface area contributed by atoms with Crippen molar-refractivity contribution in [3.05, 3.63) is 27.9 Å². The van der Waals surface area contributed by atoms with E-state index < -0.39 is 0 Å². The van der Waals surface area contributed by atoms with Crippen LogP contribution in [0, 0.1) is 0 Å². The first-order chi connectivity index (χ1) is 12.1. The Bertz CT molecular complexity index is 658. The average molecular weight is 378 g/mol. The second-order valence-corrected chi connectivity index (χ2v) is 8.54. The highest BCUT2D eigenvalue weighted by molar-refractivity contribution is 7.14. The molecule has 0 atom stereocenters. The summed E-state index contributed by atoms with van der Waals surface area (Å²) >= 11 is 3.21. The maximum Gasteiger partial charge on any atom is 0.273 e. The van der Waals surface area contributed by atoms with Gasteiger partial charge in [0, 0.05) is 35.5 Å². The van der Waals surface area contributed by atoms with E-state index in [1.54, 1.807) is 22.7 Å². The average Bonchev–Trinajstić information content (AvgIpc) is 3.22. The molecule has 0 N–H and O–H groups in total. The monoisotopic (exact) mass is 377 g/mol. The predicted octanol–water partition coefficient (Wildman–Crippen LogP) is 4.60. The summed E-state index contributed by atoms with van der Waals surface area (Å²) in [6.45, 7) is 8.25. The van der Waals surface area contributed by atoms with Gasteiger partial charge < -0.3 is 9.80 Å². The van der Waals surface area contributed by atoms with Crippen molar-refractivity contribution in [3.63, 3.8) is 0 Å². The van der Waals surface area contributed by atoms with Gasteiger partial charge >= 0.3 is 0 Å². The Hall–Kier alpha value is -1.24. The van der Waals surface area contributed by atoms with Gasteiger partial charge in [0.1, 0.15) is 10.7 Å². The van der Waals surface area contributed by atoms with Gasteiger partial charge in [-0.15, -0.1) is 11.3 Å². The molecule has 0 radical (unpaired) electrons. The van der Waals surface area contributed by atoms with E-state index in [4.69, 9.17) is 0 Å². The summed E-state index contributed by atoms with van der Waals surface area (Å²) < 4.78 is 0. The summed E-state index contributed by atoms with van der Waals surface area (Å²) in [5, 5.41) is 6.95. The van der Waals surface area contributed by atoms with Crippen molar-refractivity contribution in [2.75, 3.05) is 26.2 Å². The van der Waals surface area contributed by atoms with Crippen LogP contribution < -0.4 is 0 Å². The van der Waals surface area contributed by atoms with Gasteiger partial charge in [0.25, 0.3) is 5.91 Å². The standard InChI is InChI=1S/C19H27N3OS2/c1-15(2)22(11-10-21-8-5-3-4-6-9-21)19(23)17-14-25-18(20-17)16-7-12-24-13-16/h7,12-15H,3-6,8-11H2,1-2H3. The van der Waals surface area contributed by atoms with Crippen LogP contribution in [0.5, 0.6) is 0 Å². The van der Waals surface area contributed by atoms with Crippen molar-refractivity contribution >= 4 is 28.6 Å². The third-order valence-electron chi connectivity index (χ3n) is 4.73. The molecular formula is C19H27N3OS2. The summed E-state index contributed by atoms with van der Waals surface area (Å²) in [5.74, 6) is 0.0579. The number of nitrogens with zero attached hydrogens (tertiary/aromatic N) is 3. The zero-order chi connectivity index (χ0) is 17.6. The van der Waals surface area contributed by atoms with Crippen molar-refractivity contribution in [1.82, 2.24) is 14.8 Å².